The normalized spacial score (nSPS) is 38.2. The van der Waals surface area contributed by atoms with Crippen molar-refractivity contribution >= 4 is 0 Å². The van der Waals surface area contributed by atoms with Gasteiger partial charge in [0, 0.05) is 25.6 Å². The van der Waals surface area contributed by atoms with Crippen LogP contribution in [0.1, 0.15) is 0 Å². The number of nitrogens with one attached hydrogen (secondary N) is 1. The molecule has 1 saturated heterocycles. The fourth-order valence-corrected chi connectivity index (χ4v) is 0.880. The zero-order valence-corrected chi connectivity index (χ0v) is 4.60. The summed E-state index contributed by atoms with van der Waals surface area (Å²) in [6, 6.07) is 0. The molecule has 0 bridgehead atoms. The Morgan fingerprint density at radius 2 is 2.38 bits per heavy atom. The highest BCUT2D eigenvalue weighted by Gasteiger charge is 2.25. The molecule has 0 spiro atoms. The van der Waals surface area contributed by atoms with Crippen molar-refractivity contribution in [3.63, 3.8) is 0 Å². The first kappa shape index (κ1) is 5.98. The lowest BCUT2D eigenvalue weighted by Crippen LogP contribution is -2.16. The van der Waals surface area contributed by atoms with Crippen LogP contribution in [0.5, 0.6) is 0 Å². The molecule has 2 nitrogen and oxygen atoms in total. The van der Waals surface area contributed by atoms with Gasteiger partial charge in [-0.05, 0) is 0 Å². The Morgan fingerprint density at radius 1 is 1.62 bits per heavy atom. The maximum absolute atomic E-state index is 12.4. The molecule has 2 N–H and O–H groups in total. The molecule has 3 heteroatoms. The van der Waals surface area contributed by atoms with Crippen LogP contribution in [0.15, 0.2) is 0 Å². The SMILES string of the molecule is OC[C@@H]1CNC[C@H]1F. The van der Waals surface area contributed by atoms with E-state index in [1.54, 1.807) is 0 Å². The minimum atomic E-state index is -0.833. The van der Waals surface area contributed by atoms with E-state index in [1.807, 2.05) is 0 Å². The van der Waals surface area contributed by atoms with Crippen LogP contribution in [0, 0.1) is 5.92 Å². The van der Waals surface area contributed by atoms with E-state index in [-0.39, 0.29) is 12.5 Å². The Morgan fingerprint density at radius 3 is 2.62 bits per heavy atom. The molecule has 48 valence electrons. The fraction of sp³-hybridized carbons (Fsp3) is 1.00. The van der Waals surface area contributed by atoms with Crippen LogP contribution in [0.4, 0.5) is 4.39 Å². The first-order valence-electron chi connectivity index (χ1n) is 2.80. The van der Waals surface area contributed by atoms with Crippen molar-refractivity contribution in [1.82, 2.24) is 5.32 Å². The number of hydrogen-bond acceptors (Lipinski definition) is 2. The Hall–Kier alpha value is -0.150. The van der Waals surface area contributed by atoms with Crippen LogP contribution in [0.3, 0.4) is 0 Å². The van der Waals surface area contributed by atoms with Gasteiger partial charge in [0.2, 0.25) is 0 Å². The smallest absolute Gasteiger partial charge is 0.119 e. The number of halogens is 1. The van der Waals surface area contributed by atoms with Crippen LogP contribution >= 0.6 is 0 Å². The van der Waals surface area contributed by atoms with Crippen LogP contribution in [0.2, 0.25) is 0 Å². The van der Waals surface area contributed by atoms with Gasteiger partial charge in [-0.1, -0.05) is 0 Å². The molecule has 0 aromatic carbocycles. The summed E-state index contributed by atoms with van der Waals surface area (Å²) in [4.78, 5) is 0. The summed E-state index contributed by atoms with van der Waals surface area (Å²) in [7, 11) is 0. The Balaban J connectivity index is 2.30. The van der Waals surface area contributed by atoms with Gasteiger partial charge in [0.1, 0.15) is 6.17 Å². The van der Waals surface area contributed by atoms with Crippen LogP contribution in [-0.4, -0.2) is 31.0 Å². The zero-order valence-electron chi connectivity index (χ0n) is 4.60. The average molecular weight is 119 g/mol. The van der Waals surface area contributed by atoms with Gasteiger partial charge in [0.05, 0.1) is 0 Å². The van der Waals surface area contributed by atoms with E-state index in [9.17, 15) is 4.39 Å². The van der Waals surface area contributed by atoms with Crippen molar-refractivity contribution in [2.24, 2.45) is 5.92 Å². The maximum atomic E-state index is 12.4. The number of rotatable bonds is 1. The highest BCUT2D eigenvalue weighted by Crippen LogP contribution is 2.10. The van der Waals surface area contributed by atoms with Crippen LogP contribution in [-0.2, 0) is 0 Å². The highest BCUT2D eigenvalue weighted by molar-refractivity contribution is 4.79. The Labute approximate surface area is 47.7 Å². The van der Waals surface area contributed by atoms with Crippen molar-refractivity contribution < 1.29 is 9.50 Å². The third-order valence-corrected chi connectivity index (χ3v) is 1.49. The van der Waals surface area contributed by atoms with Gasteiger partial charge < -0.3 is 10.4 Å². The van der Waals surface area contributed by atoms with E-state index in [0.717, 1.165) is 0 Å². The lowest BCUT2D eigenvalue weighted by Gasteiger charge is -2.04. The molecule has 8 heavy (non-hydrogen) atoms. The van der Waals surface area contributed by atoms with Crippen LogP contribution < -0.4 is 5.32 Å². The van der Waals surface area contributed by atoms with Gasteiger partial charge in [-0.25, -0.2) is 4.39 Å². The van der Waals surface area contributed by atoms with Crippen molar-refractivity contribution in [2.45, 2.75) is 6.17 Å². The number of aliphatic hydroxyl groups is 1. The number of aliphatic hydroxyl groups excluding tert-OH is 1. The second-order valence-electron chi connectivity index (χ2n) is 2.12. The molecule has 0 unspecified atom stereocenters. The predicted molar refractivity (Wildman–Crippen MR) is 28.3 cm³/mol. The molecule has 1 aliphatic heterocycles. The fourth-order valence-electron chi connectivity index (χ4n) is 0.880. The quantitative estimate of drug-likeness (QED) is 0.489. The number of alkyl halides is 1. The molecule has 1 rings (SSSR count). The third kappa shape index (κ3) is 0.980. The van der Waals surface area contributed by atoms with Crippen LogP contribution in [0.25, 0.3) is 0 Å². The first-order chi connectivity index (χ1) is 3.84. The minimum Gasteiger partial charge on any atom is -0.396 e. The van der Waals surface area contributed by atoms with Gasteiger partial charge in [-0.15, -0.1) is 0 Å². The van der Waals surface area contributed by atoms with E-state index in [0.29, 0.717) is 13.1 Å². The van der Waals surface area contributed by atoms with E-state index < -0.39 is 6.17 Å². The molecule has 1 fully saturated rings. The van der Waals surface area contributed by atoms with Crippen molar-refractivity contribution in [2.75, 3.05) is 19.7 Å². The monoisotopic (exact) mass is 119 g/mol. The summed E-state index contributed by atoms with van der Waals surface area (Å²) in [5.41, 5.74) is 0. The van der Waals surface area contributed by atoms with Gasteiger partial charge in [-0.2, -0.15) is 0 Å². The van der Waals surface area contributed by atoms with E-state index >= 15 is 0 Å². The maximum Gasteiger partial charge on any atom is 0.119 e. The third-order valence-electron chi connectivity index (χ3n) is 1.49. The molecule has 0 amide bonds. The Bertz CT molecular complexity index is 78.8. The largest absolute Gasteiger partial charge is 0.396 e. The lowest BCUT2D eigenvalue weighted by atomic mass is 10.1. The Kier molecular flexibility index (Phi) is 1.81. The number of hydrogen-bond donors (Lipinski definition) is 2. The van der Waals surface area contributed by atoms with Crippen molar-refractivity contribution in [3.05, 3.63) is 0 Å². The van der Waals surface area contributed by atoms with Gasteiger partial charge in [0.25, 0.3) is 0 Å². The summed E-state index contributed by atoms with van der Waals surface area (Å²) in [6.45, 7) is 0.997. The standard InChI is InChI=1S/C5H10FNO/c6-5-2-7-1-4(5)3-8/h4-5,7-8H,1-3H2/t4-,5+/m0/s1. The van der Waals surface area contributed by atoms with Gasteiger partial charge in [0.15, 0.2) is 0 Å². The molecular weight excluding hydrogens is 109 g/mol. The van der Waals surface area contributed by atoms with Crippen molar-refractivity contribution in [1.29, 1.82) is 0 Å². The zero-order chi connectivity index (χ0) is 5.98. The molecule has 1 heterocycles. The summed E-state index contributed by atoms with van der Waals surface area (Å²) < 4.78 is 12.4. The van der Waals surface area contributed by atoms with E-state index in [4.69, 9.17) is 5.11 Å². The second-order valence-corrected chi connectivity index (χ2v) is 2.12. The second kappa shape index (κ2) is 2.42. The minimum absolute atomic E-state index is 0.0336. The molecule has 0 saturated carbocycles. The lowest BCUT2D eigenvalue weighted by molar-refractivity contribution is 0.175. The highest BCUT2D eigenvalue weighted by atomic mass is 19.1. The molecule has 2 atom stereocenters. The average Bonchev–Trinajstić information content (AvgIpc) is 2.14. The molecule has 0 aromatic heterocycles. The molecule has 0 aromatic rings. The van der Waals surface area contributed by atoms with Gasteiger partial charge >= 0.3 is 0 Å². The first-order valence-corrected chi connectivity index (χ1v) is 2.80. The molecule has 0 aliphatic carbocycles. The molecule has 0 radical (unpaired) electrons. The summed E-state index contributed by atoms with van der Waals surface area (Å²) in [5.74, 6) is -0.157. The van der Waals surface area contributed by atoms with E-state index in [1.165, 1.54) is 0 Å². The summed E-state index contributed by atoms with van der Waals surface area (Å²) in [6.07, 6.45) is -0.833. The van der Waals surface area contributed by atoms with Crippen molar-refractivity contribution in [3.8, 4) is 0 Å². The van der Waals surface area contributed by atoms with Gasteiger partial charge in [-0.3, -0.25) is 0 Å². The molecular formula is C5H10FNO. The topological polar surface area (TPSA) is 32.3 Å². The van der Waals surface area contributed by atoms with E-state index in [2.05, 4.69) is 5.32 Å². The predicted octanol–water partition coefficient (Wildman–Crippen LogP) is -0.464. The summed E-state index contributed by atoms with van der Waals surface area (Å²) in [5, 5.41) is 11.3. The molecule has 1 aliphatic rings. The summed E-state index contributed by atoms with van der Waals surface area (Å²) >= 11 is 0.